The van der Waals surface area contributed by atoms with Crippen LogP contribution in [-0.4, -0.2) is 24.1 Å². The number of hydrogen-bond donors (Lipinski definition) is 1. The third-order valence-electron chi connectivity index (χ3n) is 2.44. The van der Waals surface area contributed by atoms with E-state index >= 15 is 0 Å². The van der Waals surface area contributed by atoms with Crippen molar-refractivity contribution in [2.24, 2.45) is 0 Å². The van der Waals surface area contributed by atoms with Crippen LogP contribution in [0, 0.1) is 0 Å². The maximum absolute atomic E-state index is 5.50. The molecule has 0 aliphatic carbocycles. The minimum Gasteiger partial charge on any atom is -0.497 e. The standard InChI is InChI=1S/C12H14N4O/c1-16(12-8-14-11(13)7-15-12)9-4-3-5-10(6-9)17-2/h3-8H,1-2H3,(H2,13,14). The van der Waals surface area contributed by atoms with Crippen molar-refractivity contribution < 1.29 is 4.74 Å². The Morgan fingerprint density at radius 1 is 1.24 bits per heavy atom. The number of aromatic nitrogens is 2. The van der Waals surface area contributed by atoms with Gasteiger partial charge in [-0.1, -0.05) is 6.07 Å². The van der Waals surface area contributed by atoms with Gasteiger partial charge >= 0.3 is 0 Å². The van der Waals surface area contributed by atoms with Gasteiger partial charge in [0.1, 0.15) is 11.6 Å². The summed E-state index contributed by atoms with van der Waals surface area (Å²) in [5.41, 5.74) is 6.47. The number of anilines is 3. The van der Waals surface area contributed by atoms with Gasteiger partial charge in [-0.05, 0) is 12.1 Å². The van der Waals surface area contributed by atoms with E-state index in [1.807, 2.05) is 36.2 Å². The van der Waals surface area contributed by atoms with Crippen molar-refractivity contribution in [3.8, 4) is 5.75 Å². The summed E-state index contributed by atoms with van der Waals surface area (Å²) >= 11 is 0. The monoisotopic (exact) mass is 230 g/mol. The third kappa shape index (κ3) is 2.44. The molecule has 1 aromatic carbocycles. The number of benzene rings is 1. The SMILES string of the molecule is COc1cccc(N(C)c2cnc(N)cn2)c1. The molecule has 0 bridgehead atoms. The summed E-state index contributed by atoms with van der Waals surface area (Å²) < 4.78 is 5.18. The van der Waals surface area contributed by atoms with Crippen molar-refractivity contribution in [3.63, 3.8) is 0 Å². The van der Waals surface area contributed by atoms with Gasteiger partial charge in [-0.3, -0.25) is 0 Å². The van der Waals surface area contributed by atoms with Crippen LogP contribution in [0.1, 0.15) is 0 Å². The first-order valence-corrected chi connectivity index (χ1v) is 5.16. The highest BCUT2D eigenvalue weighted by atomic mass is 16.5. The van der Waals surface area contributed by atoms with E-state index in [0.29, 0.717) is 5.82 Å². The zero-order chi connectivity index (χ0) is 12.3. The molecular formula is C12H14N4O. The lowest BCUT2D eigenvalue weighted by Crippen LogP contribution is -2.11. The molecule has 0 fully saturated rings. The molecular weight excluding hydrogens is 216 g/mol. The summed E-state index contributed by atoms with van der Waals surface area (Å²) in [6.45, 7) is 0. The minimum atomic E-state index is 0.410. The first-order valence-electron chi connectivity index (χ1n) is 5.16. The summed E-state index contributed by atoms with van der Waals surface area (Å²) in [5.74, 6) is 1.94. The lowest BCUT2D eigenvalue weighted by atomic mass is 10.3. The first-order chi connectivity index (χ1) is 8.20. The van der Waals surface area contributed by atoms with E-state index in [2.05, 4.69) is 9.97 Å². The summed E-state index contributed by atoms with van der Waals surface area (Å²) in [5, 5.41) is 0. The maximum atomic E-state index is 5.50. The third-order valence-corrected chi connectivity index (χ3v) is 2.44. The molecule has 88 valence electrons. The number of hydrogen-bond acceptors (Lipinski definition) is 5. The highest BCUT2D eigenvalue weighted by Crippen LogP contribution is 2.24. The predicted octanol–water partition coefficient (Wildman–Crippen LogP) is 1.84. The van der Waals surface area contributed by atoms with Crippen molar-refractivity contribution in [3.05, 3.63) is 36.7 Å². The van der Waals surface area contributed by atoms with Crippen molar-refractivity contribution in [2.75, 3.05) is 24.8 Å². The lowest BCUT2D eigenvalue weighted by molar-refractivity contribution is 0.415. The number of nitrogens with two attached hydrogens (primary N) is 1. The van der Waals surface area contributed by atoms with Gasteiger partial charge in [0.2, 0.25) is 0 Å². The Kier molecular flexibility index (Phi) is 3.09. The van der Waals surface area contributed by atoms with Crippen molar-refractivity contribution in [2.45, 2.75) is 0 Å². The van der Waals surface area contributed by atoms with Gasteiger partial charge in [-0.15, -0.1) is 0 Å². The number of ether oxygens (including phenoxy) is 1. The zero-order valence-corrected chi connectivity index (χ0v) is 9.79. The Morgan fingerprint density at radius 3 is 2.71 bits per heavy atom. The molecule has 0 unspecified atom stereocenters. The second-order valence-corrected chi connectivity index (χ2v) is 3.56. The van der Waals surface area contributed by atoms with E-state index in [4.69, 9.17) is 10.5 Å². The van der Waals surface area contributed by atoms with Crippen molar-refractivity contribution in [1.82, 2.24) is 9.97 Å². The molecule has 5 heteroatoms. The van der Waals surface area contributed by atoms with Crippen LogP contribution < -0.4 is 15.4 Å². The second-order valence-electron chi connectivity index (χ2n) is 3.56. The van der Waals surface area contributed by atoms with Gasteiger partial charge in [-0.25, -0.2) is 9.97 Å². The molecule has 0 spiro atoms. The van der Waals surface area contributed by atoms with Crippen LogP contribution in [0.5, 0.6) is 5.75 Å². The van der Waals surface area contributed by atoms with Gasteiger partial charge in [0.05, 0.1) is 19.5 Å². The Labute approximate surface area is 99.9 Å². The highest BCUT2D eigenvalue weighted by Gasteiger charge is 2.06. The second kappa shape index (κ2) is 4.69. The minimum absolute atomic E-state index is 0.410. The quantitative estimate of drug-likeness (QED) is 0.871. The molecule has 2 aromatic rings. The lowest BCUT2D eigenvalue weighted by Gasteiger charge is -2.18. The van der Waals surface area contributed by atoms with Gasteiger partial charge < -0.3 is 15.4 Å². The molecule has 0 saturated carbocycles. The summed E-state index contributed by atoms with van der Waals surface area (Å²) in [6.07, 6.45) is 3.17. The Bertz CT molecular complexity index is 498. The van der Waals surface area contributed by atoms with Crippen LogP contribution in [0.3, 0.4) is 0 Å². The summed E-state index contributed by atoms with van der Waals surface area (Å²) in [4.78, 5) is 10.1. The van der Waals surface area contributed by atoms with Crippen molar-refractivity contribution >= 4 is 17.3 Å². The topological polar surface area (TPSA) is 64.3 Å². The Hall–Kier alpha value is -2.30. The fourth-order valence-electron chi connectivity index (χ4n) is 1.46. The van der Waals surface area contributed by atoms with Crippen LogP contribution in [0.25, 0.3) is 0 Å². The molecule has 2 N–H and O–H groups in total. The average Bonchev–Trinajstić information content (AvgIpc) is 2.39. The van der Waals surface area contributed by atoms with Crippen LogP contribution in [-0.2, 0) is 0 Å². The van der Waals surface area contributed by atoms with Gasteiger partial charge in [0.15, 0.2) is 5.82 Å². The van der Waals surface area contributed by atoms with Crippen LogP contribution in [0.4, 0.5) is 17.3 Å². The number of nitrogens with zero attached hydrogens (tertiary/aromatic N) is 3. The largest absolute Gasteiger partial charge is 0.497 e. The molecule has 1 aromatic heterocycles. The molecule has 1 heterocycles. The molecule has 0 aliphatic heterocycles. The molecule has 0 aliphatic rings. The molecule has 17 heavy (non-hydrogen) atoms. The number of nitrogen functional groups attached to an aromatic ring is 1. The Morgan fingerprint density at radius 2 is 2.06 bits per heavy atom. The van der Waals surface area contributed by atoms with Gasteiger partial charge in [-0.2, -0.15) is 0 Å². The Balaban J connectivity index is 2.29. The molecule has 0 saturated heterocycles. The van der Waals surface area contributed by atoms with E-state index in [1.54, 1.807) is 13.3 Å². The van der Waals surface area contributed by atoms with Crippen LogP contribution >= 0.6 is 0 Å². The maximum Gasteiger partial charge on any atom is 0.151 e. The average molecular weight is 230 g/mol. The van der Waals surface area contributed by atoms with Crippen molar-refractivity contribution in [1.29, 1.82) is 0 Å². The zero-order valence-electron chi connectivity index (χ0n) is 9.79. The summed E-state index contributed by atoms with van der Waals surface area (Å²) in [6, 6.07) is 7.72. The number of methoxy groups -OCH3 is 1. The van der Waals surface area contributed by atoms with E-state index in [-0.39, 0.29) is 0 Å². The fraction of sp³-hybridized carbons (Fsp3) is 0.167. The van der Waals surface area contributed by atoms with E-state index < -0.39 is 0 Å². The van der Waals surface area contributed by atoms with Gasteiger partial charge in [0.25, 0.3) is 0 Å². The van der Waals surface area contributed by atoms with Gasteiger partial charge in [0, 0.05) is 18.8 Å². The molecule has 0 radical (unpaired) electrons. The molecule has 0 atom stereocenters. The van der Waals surface area contributed by atoms with Crippen LogP contribution in [0.2, 0.25) is 0 Å². The molecule has 2 rings (SSSR count). The molecule has 0 amide bonds. The molecule has 5 nitrogen and oxygen atoms in total. The van der Waals surface area contributed by atoms with E-state index in [1.165, 1.54) is 6.20 Å². The highest BCUT2D eigenvalue weighted by molar-refractivity contribution is 5.60. The first kappa shape index (κ1) is 11.2. The number of rotatable bonds is 3. The van der Waals surface area contributed by atoms with E-state index in [0.717, 1.165) is 17.3 Å². The van der Waals surface area contributed by atoms with E-state index in [9.17, 15) is 0 Å². The van der Waals surface area contributed by atoms with Crippen LogP contribution in [0.15, 0.2) is 36.7 Å². The smallest absolute Gasteiger partial charge is 0.151 e. The summed E-state index contributed by atoms with van der Waals surface area (Å²) in [7, 11) is 3.55. The predicted molar refractivity (Wildman–Crippen MR) is 67.5 cm³/mol. The fourth-order valence-corrected chi connectivity index (χ4v) is 1.46. The normalized spacial score (nSPS) is 10.0.